The van der Waals surface area contributed by atoms with Gasteiger partial charge in [-0.05, 0) is 33.1 Å². The zero-order valence-corrected chi connectivity index (χ0v) is 11.8. The van der Waals surface area contributed by atoms with E-state index in [4.69, 9.17) is 14.2 Å². The Hall–Kier alpha value is -0.610. The van der Waals surface area contributed by atoms with Gasteiger partial charge in [-0.1, -0.05) is 6.92 Å². The van der Waals surface area contributed by atoms with E-state index in [1.54, 1.807) is 0 Å². The molecule has 106 valence electrons. The van der Waals surface area contributed by atoms with E-state index in [0.717, 1.165) is 25.7 Å². The first-order chi connectivity index (χ1) is 8.91. The maximum Gasteiger partial charge on any atom is 0.309 e. The van der Waals surface area contributed by atoms with Crippen LogP contribution in [-0.2, 0) is 19.0 Å². The predicted molar refractivity (Wildman–Crippen MR) is 67.6 cm³/mol. The molecule has 0 unspecified atom stereocenters. The molecule has 7 atom stereocenters. The molecule has 0 bridgehead atoms. The maximum absolute atomic E-state index is 11.9. The second-order valence-corrected chi connectivity index (χ2v) is 7.24. The summed E-state index contributed by atoms with van der Waals surface area (Å²) < 4.78 is 17.4. The van der Waals surface area contributed by atoms with Gasteiger partial charge < -0.3 is 14.2 Å². The fraction of sp³-hybridized carbons (Fsp3) is 0.933. The van der Waals surface area contributed by atoms with Crippen molar-refractivity contribution in [2.75, 3.05) is 0 Å². The molecule has 0 amide bonds. The fourth-order valence-electron chi connectivity index (χ4n) is 4.10. The van der Waals surface area contributed by atoms with Crippen LogP contribution in [0.15, 0.2) is 0 Å². The fourth-order valence-corrected chi connectivity index (χ4v) is 4.10. The van der Waals surface area contributed by atoms with E-state index in [9.17, 15) is 4.79 Å². The van der Waals surface area contributed by atoms with Crippen LogP contribution in [0.2, 0.25) is 0 Å². The molecule has 0 aromatic heterocycles. The number of carbonyl (C=O) groups is 1. The summed E-state index contributed by atoms with van der Waals surface area (Å²) in [5.74, 6) is 0.246. The van der Waals surface area contributed by atoms with Crippen molar-refractivity contribution in [3.63, 3.8) is 0 Å². The van der Waals surface area contributed by atoms with Crippen molar-refractivity contribution < 1.29 is 19.0 Å². The van der Waals surface area contributed by atoms with Crippen molar-refractivity contribution >= 4 is 5.97 Å². The number of epoxide rings is 2. The lowest BCUT2D eigenvalue weighted by atomic mass is 9.79. The molecule has 0 aromatic rings. The Balaban J connectivity index is 1.60. The summed E-state index contributed by atoms with van der Waals surface area (Å²) >= 11 is 0. The zero-order valence-electron chi connectivity index (χ0n) is 11.8. The highest BCUT2D eigenvalue weighted by Crippen LogP contribution is 2.54. The molecule has 0 aromatic carbocycles. The van der Waals surface area contributed by atoms with Crippen molar-refractivity contribution in [1.82, 2.24) is 0 Å². The monoisotopic (exact) mass is 266 g/mol. The molecule has 0 radical (unpaired) electrons. The van der Waals surface area contributed by atoms with E-state index < -0.39 is 0 Å². The minimum atomic E-state index is -0.0780. The van der Waals surface area contributed by atoms with Gasteiger partial charge in [0.2, 0.25) is 0 Å². The Bertz CT molecular complexity index is 436. The topological polar surface area (TPSA) is 51.4 Å². The molecule has 4 fully saturated rings. The lowest BCUT2D eigenvalue weighted by Crippen LogP contribution is -2.30. The first kappa shape index (κ1) is 12.2. The van der Waals surface area contributed by atoms with Crippen LogP contribution in [0.25, 0.3) is 0 Å². The molecule has 1 saturated carbocycles. The molecule has 19 heavy (non-hydrogen) atoms. The summed E-state index contributed by atoms with van der Waals surface area (Å²) in [5, 5.41) is 0. The van der Waals surface area contributed by atoms with Crippen molar-refractivity contribution in [3.8, 4) is 0 Å². The summed E-state index contributed by atoms with van der Waals surface area (Å²) in [4.78, 5) is 11.9. The molecular formula is C15H22O4. The average Bonchev–Trinajstić information content (AvgIpc) is 3.15. The van der Waals surface area contributed by atoms with Crippen LogP contribution < -0.4 is 0 Å². The van der Waals surface area contributed by atoms with Gasteiger partial charge in [0.15, 0.2) is 0 Å². The summed E-state index contributed by atoms with van der Waals surface area (Å²) in [6.45, 7) is 6.34. The van der Waals surface area contributed by atoms with Crippen molar-refractivity contribution in [1.29, 1.82) is 0 Å². The summed E-state index contributed by atoms with van der Waals surface area (Å²) in [7, 11) is 0. The van der Waals surface area contributed by atoms with Gasteiger partial charge in [-0.2, -0.15) is 0 Å². The Kier molecular flexibility index (Phi) is 2.26. The Morgan fingerprint density at radius 3 is 2.68 bits per heavy atom. The lowest BCUT2D eigenvalue weighted by Gasteiger charge is -2.22. The number of ether oxygens (including phenoxy) is 3. The van der Waals surface area contributed by atoms with E-state index >= 15 is 0 Å². The third-order valence-corrected chi connectivity index (χ3v) is 5.83. The van der Waals surface area contributed by atoms with Gasteiger partial charge in [0.25, 0.3) is 0 Å². The van der Waals surface area contributed by atoms with Gasteiger partial charge in [0, 0.05) is 12.3 Å². The third-order valence-electron chi connectivity index (χ3n) is 5.83. The quantitative estimate of drug-likeness (QED) is 0.497. The average molecular weight is 266 g/mol. The summed E-state index contributed by atoms with van der Waals surface area (Å²) in [6, 6.07) is 0. The molecular weight excluding hydrogens is 244 g/mol. The van der Waals surface area contributed by atoms with Crippen molar-refractivity contribution in [2.24, 2.45) is 11.8 Å². The number of hydrogen-bond donors (Lipinski definition) is 0. The molecule has 3 saturated heterocycles. The largest absolute Gasteiger partial charge is 0.462 e. The summed E-state index contributed by atoms with van der Waals surface area (Å²) in [6.07, 6.45) is 4.58. The zero-order chi connectivity index (χ0) is 13.4. The Labute approximate surface area is 113 Å². The third kappa shape index (κ3) is 1.76. The predicted octanol–water partition coefficient (Wildman–Crippen LogP) is 2.05. The Morgan fingerprint density at radius 2 is 1.89 bits per heavy atom. The molecule has 4 nitrogen and oxygen atoms in total. The SMILES string of the molecule is C[C@@H]1C(=O)O[C@@H]2C[C@]3(C)O[C@H]3CC[C@]3(C)O[C@@H]3C[C@@H]12. The molecule has 4 heteroatoms. The van der Waals surface area contributed by atoms with E-state index in [2.05, 4.69) is 13.8 Å². The van der Waals surface area contributed by atoms with Gasteiger partial charge in [0.05, 0.1) is 29.3 Å². The number of rotatable bonds is 0. The smallest absolute Gasteiger partial charge is 0.309 e. The van der Waals surface area contributed by atoms with Crippen molar-refractivity contribution in [2.45, 2.75) is 76.0 Å². The van der Waals surface area contributed by atoms with Crippen LogP contribution in [0.4, 0.5) is 0 Å². The van der Waals surface area contributed by atoms with E-state index in [-0.39, 0.29) is 29.2 Å². The van der Waals surface area contributed by atoms with Gasteiger partial charge in [-0.3, -0.25) is 4.79 Å². The van der Waals surface area contributed by atoms with Crippen LogP contribution in [0.1, 0.15) is 46.5 Å². The van der Waals surface area contributed by atoms with Crippen LogP contribution in [-0.4, -0.2) is 35.5 Å². The minimum Gasteiger partial charge on any atom is -0.462 e. The molecule has 1 aliphatic carbocycles. The lowest BCUT2D eigenvalue weighted by molar-refractivity contribution is -0.144. The van der Waals surface area contributed by atoms with Gasteiger partial charge in [0.1, 0.15) is 6.10 Å². The normalized spacial score (nSPS) is 59.5. The van der Waals surface area contributed by atoms with Crippen LogP contribution in [0, 0.1) is 11.8 Å². The number of carbonyl (C=O) groups excluding carboxylic acids is 1. The van der Waals surface area contributed by atoms with E-state index in [1.165, 1.54) is 0 Å². The van der Waals surface area contributed by atoms with Gasteiger partial charge in [-0.15, -0.1) is 0 Å². The number of fused-ring (bicyclic) bond motifs is 3. The molecule has 4 aliphatic rings. The Morgan fingerprint density at radius 1 is 1.16 bits per heavy atom. The van der Waals surface area contributed by atoms with E-state index in [0.29, 0.717) is 18.1 Å². The van der Waals surface area contributed by atoms with E-state index in [1.807, 2.05) is 6.92 Å². The highest BCUT2D eigenvalue weighted by atomic mass is 16.6. The van der Waals surface area contributed by atoms with Crippen LogP contribution >= 0.6 is 0 Å². The standard InChI is InChI=1S/C15H22O4/c1-8-9-6-12-14(2,19-12)5-4-11-15(3,18-11)7-10(9)17-13(8)16/h8-12H,4-7H2,1-3H3/t8-,9-,10+,11-,12+,14-,15-/m0/s1. The van der Waals surface area contributed by atoms with Crippen molar-refractivity contribution in [3.05, 3.63) is 0 Å². The highest BCUT2D eigenvalue weighted by molar-refractivity contribution is 5.74. The highest BCUT2D eigenvalue weighted by Gasteiger charge is 2.62. The first-order valence-corrected chi connectivity index (χ1v) is 7.47. The second kappa shape index (κ2) is 3.53. The maximum atomic E-state index is 11.9. The van der Waals surface area contributed by atoms with Crippen LogP contribution in [0.3, 0.4) is 0 Å². The molecule has 4 rings (SSSR count). The van der Waals surface area contributed by atoms with Gasteiger partial charge >= 0.3 is 5.97 Å². The van der Waals surface area contributed by atoms with Crippen LogP contribution in [0.5, 0.6) is 0 Å². The second-order valence-electron chi connectivity index (χ2n) is 7.24. The number of esters is 1. The molecule has 3 heterocycles. The first-order valence-electron chi connectivity index (χ1n) is 7.47. The minimum absolute atomic E-state index is 0.00123. The summed E-state index contributed by atoms with van der Waals surface area (Å²) in [5.41, 5.74) is -0.0640. The number of hydrogen-bond acceptors (Lipinski definition) is 4. The molecule has 0 spiro atoms. The molecule has 3 aliphatic heterocycles. The van der Waals surface area contributed by atoms with Gasteiger partial charge in [-0.25, -0.2) is 0 Å². The molecule has 0 N–H and O–H groups in total.